The van der Waals surface area contributed by atoms with Gasteiger partial charge in [-0.1, -0.05) is 59.6 Å². The molecule has 0 radical (unpaired) electrons. The van der Waals surface area contributed by atoms with Gasteiger partial charge in [0.2, 0.25) is 0 Å². The molecule has 0 spiro atoms. The molecule has 132 valence electrons. The van der Waals surface area contributed by atoms with Crippen molar-refractivity contribution in [2.45, 2.75) is 20.0 Å². The third-order valence-electron chi connectivity index (χ3n) is 3.99. The van der Waals surface area contributed by atoms with Crippen molar-refractivity contribution in [3.8, 4) is 0 Å². The molecule has 0 aliphatic heterocycles. The number of para-hydroxylation sites is 1. The van der Waals surface area contributed by atoms with Crippen molar-refractivity contribution >= 4 is 34.6 Å². The van der Waals surface area contributed by atoms with Crippen molar-refractivity contribution in [1.29, 1.82) is 0 Å². The lowest BCUT2D eigenvalue weighted by Gasteiger charge is -2.26. The average Bonchev–Trinajstić information content (AvgIpc) is 2.65. The number of nitrogens with one attached hydrogen (secondary N) is 1. The summed E-state index contributed by atoms with van der Waals surface area (Å²) in [6.07, 6.45) is 3.63. The molecule has 0 bridgehead atoms. The number of pyridine rings is 1. The Morgan fingerprint density at radius 2 is 1.73 bits per heavy atom. The van der Waals surface area contributed by atoms with E-state index in [1.807, 2.05) is 42.6 Å². The lowest BCUT2D eigenvalue weighted by molar-refractivity contribution is 0.412. The Labute approximate surface area is 164 Å². The number of benzene rings is 2. The van der Waals surface area contributed by atoms with Crippen LogP contribution in [0.5, 0.6) is 0 Å². The van der Waals surface area contributed by atoms with E-state index in [4.69, 9.17) is 23.8 Å². The topological polar surface area (TPSA) is 28.2 Å². The van der Waals surface area contributed by atoms with E-state index in [1.54, 1.807) is 6.20 Å². The molecule has 3 aromatic rings. The Morgan fingerprint density at radius 3 is 2.42 bits per heavy atom. The molecule has 26 heavy (non-hydrogen) atoms. The zero-order valence-corrected chi connectivity index (χ0v) is 16.1. The van der Waals surface area contributed by atoms with E-state index in [-0.39, 0.29) is 0 Å². The van der Waals surface area contributed by atoms with Crippen LogP contribution in [0.3, 0.4) is 0 Å². The summed E-state index contributed by atoms with van der Waals surface area (Å²) in [6, 6.07) is 20.1. The molecule has 0 aliphatic carbocycles. The molecule has 0 aliphatic rings. The maximum atomic E-state index is 6.26. The van der Waals surface area contributed by atoms with Crippen LogP contribution in [-0.4, -0.2) is 15.0 Å². The Morgan fingerprint density at radius 1 is 1.00 bits per heavy atom. The number of hydrogen-bond donors (Lipinski definition) is 1. The van der Waals surface area contributed by atoms with Gasteiger partial charge >= 0.3 is 0 Å². The summed E-state index contributed by atoms with van der Waals surface area (Å²) in [7, 11) is 0. The average molecular weight is 382 g/mol. The second-order valence-corrected chi connectivity index (χ2v) is 6.91. The van der Waals surface area contributed by atoms with E-state index < -0.39 is 0 Å². The van der Waals surface area contributed by atoms with Crippen molar-refractivity contribution in [2.75, 3.05) is 5.32 Å². The molecule has 1 aromatic heterocycles. The number of halogens is 1. The van der Waals surface area contributed by atoms with Crippen molar-refractivity contribution in [2.24, 2.45) is 0 Å². The summed E-state index contributed by atoms with van der Waals surface area (Å²) in [4.78, 5) is 6.31. The first-order chi connectivity index (χ1) is 12.6. The lowest BCUT2D eigenvalue weighted by atomic mass is 10.1. The van der Waals surface area contributed by atoms with Gasteiger partial charge in [-0.2, -0.15) is 0 Å². The molecule has 3 rings (SSSR count). The molecule has 2 aromatic carbocycles. The van der Waals surface area contributed by atoms with Gasteiger partial charge in [0.15, 0.2) is 5.11 Å². The Balaban J connectivity index is 1.80. The van der Waals surface area contributed by atoms with Gasteiger partial charge in [0, 0.05) is 25.5 Å². The molecule has 0 fully saturated rings. The minimum absolute atomic E-state index is 0.627. The first-order valence-corrected chi connectivity index (χ1v) is 9.15. The molecule has 1 heterocycles. The quantitative estimate of drug-likeness (QED) is 0.595. The lowest BCUT2D eigenvalue weighted by Crippen LogP contribution is -2.34. The van der Waals surface area contributed by atoms with Gasteiger partial charge in [0.1, 0.15) is 0 Å². The Hall–Kier alpha value is -2.43. The zero-order chi connectivity index (χ0) is 18.4. The van der Waals surface area contributed by atoms with Gasteiger partial charge in [0.25, 0.3) is 0 Å². The molecule has 0 unspecified atom stereocenters. The first-order valence-electron chi connectivity index (χ1n) is 8.37. The van der Waals surface area contributed by atoms with Crippen molar-refractivity contribution in [1.82, 2.24) is 9.88 Å². The Kier molecular flexibility index (Phi) is 6.21. The van der Waals surface area contributed by atoms with Crippen LogP contribution in [0, 0.1) is 6.92 Å². The second-order valence-electron chi connectivity index (χ2n) is 6.11. The number of nitrogens with zero attached hydrogens (tertiary/aromatic N) is 2. The van der Waals surface area contributed by atoms with Gasteiger partial charge in [-0.3, -0.25) is 4.98 Å². The Bertz CT molecular complexity index is 866. The number of aromatic nitrogens is 1. The van der Waals surface area contributed by atoms with Crippen LogP contribution in [0.25, 0.3) is 0 Å². The van der Waals surface area contributed by atoms with E-state index in [0.717, 1.165) is 11.3 Å². The number of aryl methyl sites for hydroxylation is 1. The predicted molar refractivity (Wildman–Crippen MR) is 112 cm³/mol. The summed E-state index contributed by atoms with van der Waals surface area (Å²) in [5, 5.41) is 4.54. The maximum absolute atomic E-state index is 6.26. The zero-order valence-electron chi connectivity index (χ0n) is 14.5. The summed E-state index contributed by atoms with van der Waals surface area (Å²) in [5.41, 5.74) is 4.34. The third kappa shape index (κ3) is 5.04. The van der Waals surface area contributed by atoms with Crippen LogP contribution >= 0.6 is 23.8 Å². The van der Waals surface area contributed by atoms with Crippen LogP contribution < -0.4 is 5.32 Å². The molecule has 1 N–H and O–H groups in total. The van der Waals surface area contributed by atoms with Crippen molar-refractivity contribution in [3.63, 3.8) is 0 Å². The number of thiocarbonyl (C=S) groups is 1. The minimum Gasteiger partial charge on any atom is -0.340 e. The summed E-state index contributed by atoms with van der Waals surface area (Å²) in [5.74, 6) is 0. The summed E-state index contributed by atoms with van der Waals surface area (Å²) >= 11 is 11.9. The monoisotopic (exact) mass is 381 g/mol. The molecular formula is C21H20ClN3S. The maximum Gasteiger partial charge on any atom is 0.174 e. The van der Waals surface area contributed by atoms with Gasteiger partial charge in [-0.15, -0.1) is 0 Å². The van der Waals surface area contributed by atoms with Crippen LogP contribution in [-0.2, 0) is 13.1 Å². The molecular weight excluding hydrogens is 362 g/mol. The highest BCUT2D eigenvalue weighted by Crippen LogP contribution is 2.22. The van der Waals surface area contributed by atoms with Crippen LogP contribution in [0.1, 0.15) is 16.7 Å². The van der Waals surface area contributed by atoms with Crippen LogP contribution in [0.4, 0.5) is 5.69 Å². The fraction of sp³-hybridized carbons (Fsp3) is 0.143. The normalized spacial score (nSPS) is 10.4. The first kappa shape index (κ1) is 18.4. The largest absolute Gasteiger partial charge is 0.340 e. The standard InChI is InChI=1S/C21H20ClN3S/c1-16-8-10-17(11-9-16)14-25(15-18-5-4-12-23-13-18)21(26)24-20-7-3-2-6-19(20)22/h2-13H,14-15H2,1H3,(H,24,26). The smallest absolute Gasteiger partial charge is 0.174 e. The highest BCUT2D eigenvalue weighted by atomic mass is 35.5. The van der Waals surface area contributed by atoms with Crippen LogP contribution in [0.15, 0.2) is 73.1 Å². The van der Waals surface area contributed by atoms with Gasteiger partial charge in [0.05, 0.1) is 10.7 Å². The van der Waals surface area contributed by atoms with Gasteiger partial charge < -0.3 is 10.2 Å². The van der Waals surface area contributed by atoms with Crippen molar-refractivity contribution in [3.05, 3.63) is 94.8 Å². The molecule has 3 nitrogen and oxygen atoms in total. The van der Waals surface area contributed by atoms with Crippen molar-refractivity contribution < 1.29 is 0 Å². The van der Waals surface area contributed by atoms with E-state index in [1.165, 1.54) is 11.1 Å². The summed E-state index contributed by atoms with van der Waals surface area (Å²) in [6.45, 7) is 3.45. The molecule has 0 saturated heterocycles. The fourth-order valence-corrected chi connectivity index (χ4v) is 3.00. The van der Waals surface area contributed by atoms with E-state index in [2.05, 4.69) is 46.4 Å². The number of rotatable bonds is 5. The number of hydrogen-bond acceptors (Lipinski definition) is 2. The van der Waals surface area contributed by atoms with E-state index in [0.29, 0.717) is 23.2 Å². The minimum atomic E-state index is 0.627. The number of anilines is 1. The third-order valence-corrected chi connectivity index (χ3v) is 4.68. The molecule has 0 amide bonds. The van der Waals surface area contributed by atoms with Crippen LogP contribution in [0.2, 0.25) is 5.02 Å². The van der Waals surface area contributed by atoms with E-state index >= 15 is 0 Å². The molecule has 5 heteroatoms. The predicted octanol–water partition coefficient (Wildman–Crippen LogP) is 5.44. The fourth-order valence-electron chi connectivity index (χ4n) is 2.58. The van der Waals surface area contributed by atoms with Gasteiger partial charge in [-0.05, 0) is 48.5 Å². The summed E-state index contributed by atoms with van der Waals surface area (Å²) < 4.78 is 0. The molecule has 0 saturated carbocycles. The SMILES string of the molecule is Cc1ccc(CN(Cc2cccnc2)C(=S)Nc2ccccc2Cl)cc1. The highest BCUT2D eigenvalue weighted by molar-refractivity contribution is 7.80. The van der Waals surface area contributed by atoms with Gasteiger partial charge in [-0.25, -0.2) is 0 Å². The van der Waals surface area contributed by atoms with E-state index in [9.17, 15) is 0 Å². The highest BCUT2D eigenvalue weighted by Gasteiger charge is 2.13. The molecule has 0 atom stereocenters. The second kappa shape index (κ2) is 8.79.